The maximum Gasteiger partial charge on any atom is 0.472 e. The first-order valence-corrected chi connectivity index (χ1v) is 28.0. The van der Waals surface area contributed by atoms with E-state index in [0.29, 0.717) is 17.4 Å². The van der Waals surface area contributed by atoms with E-state index in [1.807, 2.05) is 21.1 Å². The van der Waals surface area contributed by atoms with E-state index in [9.17, 15) is 19.0 Å². The largest absolute Gasteiger partial charge is 0.472 e. The Labute approximate surface area is 411 Å². The number of hydrogen-bond donors (Lipinski definition) is 1. The normalized spacial score (nSPS) is 14.2. The number of hydrogen-bond acceptors (Lipinski definition) is 7. The fourth-order valence-corrected chi connectivity index (χ4v) is 7.49. The van der Waals surface area contributed by atoms with Crippen molar-refractivity contribution >= 4 is 19.8 Å². The van der Waals surface area contributed by atoms with Gasteiger partial charge in [0.1, 0.15) is 19.8 Å². The lowest BCUT2D eigenvalue weighted by atomic mass is 10.1. The third-order valence-corrected chi connectivity index (χ3v) is 11.8. The third-order valence-electron chi connectivity index (χ3n) is 10.8. The molecule has 2 unspecified atom stereocenters. The molecule has 0 saturated heterocycles. The number of allylic oxidation sites excluding steroid dienone is 16. The van der Waals surface area contributed by atoms with Crippen LogP contribution >= 0.6 is 7.82 Å². The summed E-state index contributed by atoms with van der Waals surface area (Å²) in [5.41, 5.74) is 0. The molecule has 0 aliphatic rings. The number of unbranched alkanes of at least 4 members (excludes halogenated alkanes) is 17. The van der Waals surface area contributed by atoms with Gasteiger partial charge >= 0.3 is 19.8 Å². The number of esters is 2. The van der Waals surface area contributed by atoms with Crippen molar-refractivity contribution in [1.29, 1.82) is 0 Å². The van der Waals surface area contributed by atoms with Crippen molar-refractivity contribution in [3.05, 3.63) is 97.2 Å². The Morgan fingerprint density at radius 1 is 0.478 bits per heavy atom. The minimum atomic E-state index is -4.39. The molecule has 0 aliphatic carbocycles. The summed E-state index contributed by atoms with van der Waals surface area (Å²) in [6.07, 6.45) is 64.6. The molecule has 0 heterocycles. The Morgan fingerprint density at radius 3 is 1.28 bits per heavy atom. The molecule has 0 rings (SSSR count). The van der Waals surface area contributed by atoms with Gasteiger partial charge in [0, 0.05) is 12.8 Å². The molecule has 1 N–H and O–H groups in total. The van der Waals surface area contributed by atoms with Crippen LogP contribution in [0.3, 0.4) is 0 Å². The van der Waals surface area contributed by atoms with Crippen molar-refractivity contribution in [1.82, 2.24) is 0 Å². The summed E-state index contributed by atoms with van der Waals surface area (Å²) >= 11 is 0. The quantitative estimate of drug-likeness (QED) is 0.0211. The highest BCUT2D eigenvalue weighted by molar-refractivity contribution is 7.47. The summed E-state index contributed by atoms with van der Waals surface area (Å²) in [6.45, 7) is 4.27. The predicted molar refractivity (Wildman–Crippen MR) is 284 cm³/mol. The first kappa shape index (κ1) is 63.9. The Bertz CT molecular complexity index is 1450. The number of ether oxygens (including phenoxy) is 2. The molecular formula is C57H99NO8P+. The van der Waals surface area contributed by atoms with Crippen molar-refractivity contribution in [2.45, 2.75) is 206 Å². The van der Waals surface area contributed by atoms with Crippen LogP contribution in [0.1, 0.15) is 200 Å². The summed E-state index contributed by atoms with van der Waals surface area (Å²) in [5.74, 6) is -0.827. The lowest BCUT2D eigenvalue weighted by Crippen LogP contribution is -2.37. The summed E-state index contributed by atoms with van der Waals surface area (Å²) in [5, 5.41) is 0. The molecule has 0 saturated carbocycles. The van der Waals surface area contributed by atoms with Crippen molar-refractivity contribution < 1.29 is 42.1 Å². The SMILES string of the molecule is CC/C=C\C/C=C\C/C=C\C/C=C\C/C=C\C/C=C\C/C=C\CCCCCCCCCC(=O)OC(COC(=O)CCCCCCC/C=C\CCCCCCC)COP(=O)(O)OCC[N+](C)(C)C. The van der Waals surface area contributed by atoms with Crippen LogP contribution in [0, 0.1) is 0 Å². The van der Waals surface area contributed by atoms with Crippen molar-refractivity contribution in [2.75, 3.05) is 47.5 Å². The van der Waals surface area contributed by atoms with Crippen LogP contribution < -0.4 is 0 Å². The van der Waals surface area contributed by atoms with E-state index < -0.39 is 26.5 Å². The summed E-state index contributed by atoms with van der Waals surface area (Å²) < 4.78 is 34.4. The molecule has 0 aromatic rings. The molecule has 10 heteroatoms. The van der Waals surface area contributed by atoms with Crippen LogP contribution in [0.2, 0.25) is 0 Å². The average Bonchev–Trinajstić information content (AvgIpc) is 3.29. The second-order valence-electron chi connectivity index (χ2n) is 18.5. The number of likely N-dealkylation sites (N-methyl/N-ethyl adjacent to an activating group) is 1. The number of carbonyl (C=O) groups excluding carboxylic acids is 2. The first-order chi connectivity index (χ1) is 32.5. The van der Waals surface area contributed by atoms with Gasteiger partial charge in [-0.2, -0.15) is 0 Å². The van der Waals surface area contributed by atoms with Crippen molar-refractivity contribution in [3.8, 4) is 0 Å². The van der Waals surface area contributed by atoms with E-state index in [2.05, 4.69) is 111 Å². The number of carbonyl (C=O) groups is 2. The van der Waals surface area contributed by atoms with Gasteiger partial charge in [-0.05, 0) is 96.3 Å². The first-order valence-electron chi connectivity index (χ1n) is 26.5. The molecule has 384 valence electrons. The number of quaternary nitrogens is 1. The van der Waals surface area contributed by atoms with Crippen LogP contribution in [0.25, 0.3) is 0 Å². The molecule has 2 atom stereocenters. The van der Waals surface area contributed by atoms with Gasteiger partial charge in [-0.1, -0.05) is 188 Å². The zero-order chi connectivity index (χ0) is 49.2. The molecule has 0 bridgehead atoms. The summed E-state index contributed by atoms with van der Waals surface area (Å²) in [4.78, 5) is 35.5. The van der Waals surface area contributed by atoms with E-state index in [4.69, 9.17) is 18.5 Å². The van der Waals surface area contributed by atoms with E-state index in [1.165, 1.54) is 57.8 Å². The highest BCUT2D eigenvalue weighted by Gasteiger charge is 2.27. The minimum absolute atomic E-state index is 0.0232. The van der Waals surface area contributed by atoms with Crippen LogP contribution in [-0.4, -0.2) is 74.9 Å². The van der Waals surface area contributed by atoms with Crippen LogP contribution in [0.5, 0.6) is 0 Å². The molecule has 0 fully saturated rings. The lowest BCUT2D eigenvalue weighted by molar-refractivity contribution is -0.870. The van der Waals surface area contributed by atoms with Crippen molar-refractivity contribution in [2.24, 2.45) is 0 Å². The Kier molecular flexibility index (Phi) is 45.8. The molecule has 0 aliphatic heterocycles. The molecule has 0 spiro atoms. The average molecular weight is 957 g/mol. The van der Waals surface area contributed by atoms with Crippen LogP contribution in [-0.2, 0) is 32.7 Å². The molecular weight excluding hydrogens is 858 g/mol. The van der Waals surface area contributed by atoms with Crippen molar-refractivity contribution in [3.63, 3.8) is 0 Å². The Morgan fingerprint density at radius 2 is 0.851 bits per heavy atom. The van der Waals surface area contributed by atoms with Gasteiger partial charge in [0.15, 0.2) is 6.10 Å². The fourth-order valence-electron chi connectivity index (χ4n) is 6.75. The fraction of sp³-hybridized carbons (Fsp3) is 0.684. The number of phosphoric ester groups is 1. The molecule has 0 radical (unpaired) electrons. The summed E-state index contributed by atoms with van der Waals surface area (Å²) in [6, 6.07) is 0. The molecule has 9 nitrogen and oxygen atoms in total. The highest BCUT2D eigenvalue weighted by Crippen LogP contribution is 2.43. The van der Waals surface area contributed by atoms with Gasteiger partial charge in [0.25, 0.3) is 0 Å². The smallest absolute Gasteiger partial charge is 0.462 e. The standard InChI is InChI=1S/C57H98NO8P/c1-6-8-10-12-14-16-18-20-22-23-24-25-26-27-28-29-30-31-32-33-34-35-36-38-40-42-44-46-48-50-57(60)66-55(54-65-67(61,62)64-52-51-58(3,4)5)53-63-56(59)49-47-45-43-41-39-37-21-19-17-15-13-11-9-7-2/h8,10,14,16,19-22,24-25,27-28,30-31,33-34,55H,6-7,9,11-13,15,17-18,23,26,29,32,35-54H2,1-5H3/p+1/b10-8-,16-14-,21-19-,22-20-,25-24-,28-27-,31-30-,34-33-. The Balaban J connectivity index is 4.25. The summed E-state index contributed by atoms with van der Waals surface area (Å²) in [7, 11) is 1.45. The third kappa shape index (κ3) is 52.2. The minimum Gasteiger partial charge on any atom is -0.462 e. The number of nitrogens with zero attached hydrogens (tertiary/aromatic N) is 1. The highest BCUT2D eigenvalue weighted by atomic mass is 31.2. The Hall–Kier alpha value is -3.07. The second-order valence-corrected chi connectivity index (χ2v) is 20.0. The van der Waals surface area contributed by atoms with E-state index in [1.54, 1.807) is 0 Å². The van der Waals surface area contributed by atoms with Gasteiger partial charge in [-0.15, -0.1) is 0 Å². The molecule has 0 amide bonds. The molecule has 0 aromatic carbocycles. The second kappa shape index (κ2) is 48.0. The van der Waals surface area contributed by atoms with Crippen LogP contribution in [0.15, 0.2) is 97.2 Å². The van der Waals surface area contributed by atoms with Gasteiger partial charge in [0.2, 0.25) is 0 Å². The van der Waals surface area contributed by atoms with Gasteiger partial charge in [-0.3, -0.25) is 18.6 Å². The monoisotopic (exact) mass is 957 g/mol. The molecule has 67 heavy (non-hydrogen) atoms. The van der Waals surface area contributed by atoms with E-state index >= 15 is 0 Å². The van der Waals surface area contributed by atoms with Gasteiger partial charge in [-0.25, -0.2) is 4.57 Å². The zero-order valence-corrected chi connectivity index (χ0v) is 44.2. The maximum absolute atomic E-state index is 12.8. The van der Waals surface area contributed by atoms with E-state index in [0.717, 1.165) is 109 Å². The molecule has 0 aromatic heterocycles. The maximum atomic E-state index is 12.8. The number of phosphoric acid groups is 1. The van der Waals surface area contributed by atoms with Crippen LogP contribution in [0.4, 0.5) is 0 Å². The topological polar surface area (TPSA) is 108 Å². The van der Waals surface area contributed by atoms with Gasteiger partial charge in [0.05, 0.1) is 27.7 Å². The zero-order valence-electron chi connectivity index (χ0n) is 43.3. The lowest BCUT2D eigenvalue weighted by Gasteiger charge is -2.24. The van der Waals surface area contributed by atoms with E-state index in [-0.39, 0.29) is 32.0 Å². The van der Waals surface area contributed by atoms with Gasteiger partial charge < -0.3 is 18.9 Å². The number of rotatable bonds is 47. The predicted octanol–water partition coefficient (Wildman–Crippen LogP) is 16.1.